The van der Waals surface area contributed by atoms with Gasteiger partial charge in [-0.25, -0.2) is 0 Å². The molecule has 4 aromatic carbocycles. The summed E-state index contributed by atoms with van der Waals surface area (Å²) in [6.07, 6.45) is 0. The number of fused-ring (bicyclic) bond motifs is 2. The molecular weight excluding hydrogens is 318 g/mol. The fourth-order valence-electron chi connectivity index (χ4n) is 2.94. The van der Waals surface area contributed by atoms with Crippen molar-refractivity contribution in [2.75, 3.05) is 0 Å². The van der Waals surface area contributed by atoms with Gasteiger partial charge in [-0.1, -0.05) is 60.7 Å². The maximum absolute atomic E-state index is 10.6. The predicted octanol–water partition coefficient (Wildman–Crippen LogP) is -0.696. The Hall–Kier alpha value is -1.000. The van der Waals surface area contributed by atoms with Crippen molar-refractivity contribution in [3.8, 4) is 22.6 Å². The van der Waals surface area contributed by atoms with Crippen LogP contribution in [0.1, 0.15) is 2.85 Å². The van der Waals surface area contributed by atoms with Crippen LogP contribution in [-0.2, 0) is 0 Å². The molecule has 24 heavy (non-hydrogen) atoms. The van der Waals surface area contributed by atoms with Crippen molar-refractivity contribution < 1.29 is 72.2 Å². The van der Waals surface area contributed by atoms with Gasteiger partial charge in [0.25, 0.3) is 0 Å². The number of benzene rings is 4. The maximum Gasteiger partial charge on any atom is 1.00 e. The van der Waals surface area contributed by atoms with Gasteiger partial charge in [-0.05, 0) is 22.9 Å². The molecule has 0 unspecified atom stereocenters. The first-order valence-corrected chi connectivity index (χ1v) is 7.17. The molecular formula is C20H16Na2O2. The van der Waals surface area contributed by atoms with E-state index in [0.717, 1.165) is 21.5 Å². The molecule has 0 aliphatic rings. The SMILES string of the molecule is Oc1c(-c2ccc3ccccc3c2O)ccc2ccccc12.[H-].[H-].[Na+].[Na+]. The summed E-state index contributed by atoms with van der Waals surface area (Å²) in [6.45, 7) is 0. The van der Waals surface area contributed by atoms with Crippen LogP contribution in [-0.4, -0.2) is 10.2 Å². The topological polar surface area (TPSA) is 40.5 Å². The second-order valence-electron chi connectivity index (χ2n) is 5.37. The van der Waals surface area contributed by atoms with Crippen molar-refractivity contribution >= 4 is 21.5 Å². The third-order valence-corrected chi connectivity index (χ3v) is 4.09. The zero-order valence-corrected chi connectivity index (χ0v) is 17.8. The Morgan fingerprint density at radius 2 is 0.875 bits per heavy atom. The number of rotatable bonds is 1. The smallest absolute Gasteiger partial charge is 1.00 e. The van der Waals surface area contributed by atoms with Gasteiger partial charge in [0.15, 0.2) is 0 Å². The van der Waals surface area contributed by atoms with E-state index in [4.69, 9.17) is 0 Å². The summed E-state index contributed by atoms with van der Waals surface area (Å²) in [4.78, 5) is 0. The second-order valence-corrected chi connectivity index (χ2v) is 5.37. The molecule has 0 aliphatic heterocycles. The van der Waals surface area contributed by atoms with Crippen LogP contribution in [0.15, 0.2) is 72.8 Å². The molecule has 0 spiro atoms. The predicted molar refractivity (Wildman–Crippen MR) is 92.4 cm³/mol. The summed E-state index contributed by atoms with van der Waals surface area (Å²) in [5, 5.41) is 24.7. The minimum Gasteiger partial charge on any atom is -1.00 e. The number of phenols is 2. The molecule has 0 radical (unpaired) electrons. The first kappa shape index (κ1) is 19.3. The number of phenolic OH excluding ortho intramolecular Hbond substituents is 2. The molecule has 0 aliphatic carbocycles. The zero-order valence-electron chi connectivity index (χ0n) is 15.8. The molecule has 2 nitrogen and oxygen atoms in total. The number of hydrogen-bond donors (Lipinski definition) is 2. The fourth-order valence-corrected chi connectivity index (χ4v) is 2.94. The molecule has 4 aromatic rings. The van der Waals surface area contributed by atoms with Crippen molar-refractivity contribution in [2.24, 2.45) is 0 Å². The van der Waals surface area contributed by atoms with Gasteiger partial charge in [0.1, 0.15) is 11.5 Å². The first-order chi connectivity index (χ1) is 10.8. The minimum atomic E-state index is 0. The molecule has 4 heteroatoms. The van der Waals surface area contributed by atoms with E-state index in [9.17, 15) is 10.2 Å². The molecule has 4 rings (SSSR count). The van der Waals surface area contributed by atoms with Crippen LogP contribution in [0.5, 0.6) is 11.5 Å². The molecule has 0 saturated heterocycles. The Balaban J connectivity index is 0.00000156. The Kier molecular flexibility index (Phi) is 6.38. The van der Waals surface area contributed by atoms with Gasteiger partial charge in [-0.15, -0.1) is 0 Å². The summed E-state index contributed by atoms with van der Waals surface area (Å²) in [5.41, 5.74) is 1.28. The largest absolute Gasteiger partial charge is 1.00 e. The first-order valence-electron chi connectivity index (χ1n) is 7.17. The maximum atomic E-state index is 10.6. The van der Waals surface area contributed by atoms with Gasteiger partial charge in [-0.3, -0.25) is 0 Å². The third kappa shape index (κ3) is 3.23. The Labute approximate surface area is 187 Å². The molecule has 0 fully saturated rings. The van der Waals surface area contributed by atoms with Gasteiger partial charge in [0.2, 0.25) is 0 Å². The van der Waals surface area contributed by atoms with E-state index in [1.165, 1.54) is 0 Å². The molecule has 110 valence electrons. The van der Waals surface area contributed by atoms with Gasteiger partial charge in [-0.2, -0.15) is 0 Å². The van der Waals surface area contributed by atoms with Crippen molar-refractivity contribution in [1.82, 2.24) is 0 Å². The normalized spacial score (nSPS) is 10.2. The Morgan fingerprint density at radius 3 is 1.29 bits per heavy atom. The number of aromatic hydroxyl groups is 2. The molecule has 0 saturated carbocycles. The summed E-state index contributed by atoms with van der Waals surface area (Å²) >= 11 is 0. The summed E-state index contributed by atoms with van der Waals surface area (Å²) in [7, 11) is 0. The van der Waals surface area contributed by atoms with Crippen molar-refractivity contribution in [3.63, 3.8) is 0 Å². The molecule has 0 heterocycles. The van der Waals surface area contributed by atoms with E-state index in [-0.39, 0.29) is 73.5 Å². The van der Waals surface area contributed by atoms with Crippen molar-refractivity contribution in [2.45, 2.75) is 0 Å². The average molecular weight is 334 g/mol. The van der Waals surface area contributed by atoms with E-state index in [1.54, 1.807) is 0 Å². The van der Waals surface area contributed by atoms with E-state index >= 15 is 0 Å². The van der Waals surface area contributed by atoms with Gasteiger partial charge < -0.3 is 13.1 Å². The zero-order chi connectivity index (χ0) is 15.1. The second kappa shape index (κ2) is 7.92. The van der Waals surface area contributed by atoms with Gasteiger partial charge in [0.05, 0.1) is 0 Å². The van der Waals surface area contributed by atoms with Crippen LogP contribution in [0.25, 0.3) is 32.7 Å². The molecule has 0 aromatic heterocycles. The van der Waals surface area contributed by atoms with Crippen LogP contribution in [0.3, 0.4) is 0 Å². The van der Waals surface area contributed by atoms with E-state index in [2.05, 4.69) is 0 Å². The minimum absolute atomic E-state index is 0. The summed E-state index contributed by atoms with van der Waals surface area (Å²) in [5.74, 6) is 0.396. The fraction of sp³-hybridized carbons (Fsp3) is 0. The van der Waals surface area contributed by atoms with Crippen molar-refractivity contribution in [3.05, 3.63) is 72.8 Å². The van der Waals surface area contributed by atoms with Crippen LogP contribution in [0, 0.1) is 0 Å². The van der Waals surface area contributed by atoms with E-state index in [1.807, 2.05) is 72.8 Å². The third-order valence-electron chi connectivity index (χ3n) is 4.09. The summed E-state index contributed by atoms with van der Waals surface area (Å²) < 4.78 is 0. The number of hydrogen-bond acceptors (Lipinski definition) is 2. The monoisotopic (exact) mass is 334 g/mol. The average Bonchev–Trinajstić information content (AvgIpc) is 2.57. The van der Waals surface area contributed by atoms with Crippen LogP contribution < -0.4 is 59.1 Å². The van der Waals surface area contributed by atoms with E-state index < -0.39 is 0 Å². The van der Waals surface area contributed by atoms with Crippen molar-refractivity contribution in [1.29, 1.82) is 0 Å². The Morgan fingerprint density at radius 1 is 0.500 bits per heavy atom. The van der Waals surface area contributed by atoms with Crippen LogP contribution in [0.4, 0.5) is 0 Å². The van der Waals surface area contributed by atoms with Crippen LogP contribution in [0.2, 0.25) is 0 Å². The van der Waals surface area contributed by atoms with E-state index in [0.29, 0.717) is 11.1 Å². The quantitative estimate of drug-likeness (QED) is 0.452. The summed E-state index contributed by atoms with van der Waals surface area (Å²) in [6, 6.07) is 23.0. The van der Waals surface area contributed by atoms with Crippen LogP contribution >= 0.6 is 0 Å². The van der Waals surface area contributed by atoms with Gasteiger partial charge in [0, 0.05) is 21.9 Å². The molecule has 0 atom stereocenters. The van der Waals surface area contributed by atoms with Gasteiger partial charge >= 0.3 is 59.1 Å². The Bertz CT molecular complexity index is 940. The molecule has 0 amide bonds. The molecule has 0 bridgehead atoms. The standard InChI is InChI=1S/C20H14O2.2Na.2H/c21-19-15-7-3-1-5-13(15)9-11-17(19)18-12-10-14-6-2-4-8-16(14)20(18)22;;;;/h1-12,21-22H;;;;/q;2*+1;2*-1. The molecule has 2 N–H and O–H groups in total.